The zero-order valence-electron chi connectivity index (χ0n) is 8.56. The first-order valence-electron chi connectivity index (χ1n) is 5.05. The molecule has 0 saturated heterocycles. The molecule has 1 nitrogen and oxygen atoms in total. The number of halogens is 2. The standard InChI is InChI=1S/C10H20Br2O/c1-3-9(5-7-11)13-10(4-2)6-8-12/h9-10H,3-8H2,1-2H3. The van der Waals surface area contributed by atoms with E-state index < -0.39 is 0 Å². The van der Waals surface area contributed by atoms with Gasteiger partial charge in [-0.2, -0.15) is 0 Å². The molecular formula is C10H20Br2O. The van der Waals surface area contributed by atoms with Crippen molar-refractivity contribution in [2.45, 2.75) is 51.7 Å². The fourth-order valence-corrected chi connectivity index (χ4v) is 2.27. The summed E-state index contributed by atoms with van der Waals surface area (Å²) in [5, 5.41) is 2.08. The van der Waals surface area contributed by atoms with Crippen molar-refractivity contribution in [3.63, 3.8) is 0 Å². The molecule has 0 N–H and O–H groups in total. The van der Waals surface area contributed by atoms with Gasteiger partial charge in [-0.05, 0) is 25.7 Å². The highest BCUT2D eigenvalue weighted by Crippen LogP contribution is 2.14. The number of hydrogen-bond acceptors (Lipinski definition) is 1. The van der Waals surface area contributed by atoms with Crippen LogP contribution in [0.4, 0.5) is 0 Å². The van der Waals surface area contributed by atoms with Crippen LogP contribution in [0.1, 0.15) is 39.5 Å². The molecule has 0 aliphatic rings. The average molecular weight is 316 g/mol. The fourth-order valence-electron chi connectivity index (χ4n) is 1.25. The van der Waals surface area contributed by atoms with Crippen LogP contribution in [0.2, 0.25) is 0 Å². The zero-order chi connectivity index (χ0) is 10.1. The molecule has 0 saturated carbocycles. The smallest absolute Gasteiger partial charge is 0.0584 e. The third-order valence-electron chi connectivity index (χ3n) is 2.16. The monoisotopic (exact) mass is 314 g/mol. The van der Waals surface area contributed by atoms with Crippen molar-refractivity contribution in [3.8, 4) is 0 Å². The summed E-state index contributed by atoms with van der Waals surface area (Å²) in [6.45, 7) is 4.38. The van der Waals surface area contributed by atoms with Crippen molar-refractivity contribution in [3.05, 3.63) is 0 Å². The lowest BCUT2D eigenvalue weighted by atomic mass is 10.2. The van der Waals surface area contributed by atoms with Crippen LogP contribution in [0, 0.1) is 0 Å². The van der Waals surface area contributed by atoms with Crippen LogP contribution in [0.5, 0.6) is 0 Å². The maximum absolute atomic E-state index is 5.97. The molecule has 80 valence electrons. The van der Waals surface area contributed by atoms with Crippen LogP contribution < -0.4 is 0 Å². The third kappa shape index (κ3) is 6.92. The third-order valence-corrected chi connectivity index (χ3v) is 3.07. The predicted octanol–water partition coefficient (Wildman–Crippen LogP) is 4.13. The van der Waals surface area contributed by atoms with Crippen LogP contribution in [0.3, 0.4) is 0 Å². The number of hydrogen-bond donors (Lipinski definition) is 0. The SMILES string of the molecule is CCC(CCBr)OC(CC)CCBr. The Morgan fingerprint density at radius 1 is 0.923 bits per heavy atom. The Balaban J connectivity index is 3.73. The van der Waals surface area contributed by atoms with Gasteiger partial charge in [0.15, 0.2) is 0 Å². The van der Waals surface area contributed by atoms with E-state index in [1.807, 2.05) is 0 Å². The summed E-state index contributed by atoms with van der Waals surface area (Å²) in [4.78, 5) is 0. The van der Waals surface area contributed by atoms with Crippen molar-refractivity contribution in [2.24, 2.45) is 0 Å². The second-order valence-corrected chi connectivity index (χ2v) is 4.74. The Labute approximate surface area is 98.9 Å². The van der Waals surface area contributed by atoms with E-state index in [0.717, 1.165) is 36.3 Å². The first-order chi connectivity index (χ1) is 6.28. The fraction of sp³-hybridized carbons (Fsp3) is 1.00. The number of rotatable bonds is 8. The van der Waals surface area contributed by atoms with Gasteiger partial charge in [0.1, 0.15) is 0 Å². The van der Waals surface area contributed by atoms with E-state index in [-0.39, 0.29) is 0 Å². The van der Waals surface area contributed by atoms with Gasteiger partial charge in [0.05, 0.1) is 12.2 Å². The molecule has 0 rings (SSSR count). The van der Waals surface area contributed by atoms with Crippen molar-refractivity contribution >= 4 is 31.9 Å². The molecule has 2 unspecified atom stereocenters. The quantitative estimate of drug-likeness (QED) is 0.612. The Bertz CT molecular complexity index is 97.1. The highest BCUT2D eigenvalue weighted by molar-refractivity contribution is 9.09. The topological polar surface area (TPSA) is 9.23 Å². The van der Waals surface area contributed by atoms with E-state index in [4.69, 9.17) is 4.74 Å². The van der Waals surface area contributed by atoms with Crippen molar-refractivity contribution < 1.29 is 4.74 Å². The predicted molar refractivity (Wildman–Crippen MR) is 66.1 cm³/mol. The highest BCUT2D eigenvalue weighted by atomic mass is 79.9. The average Bonchev–Trinajstić information content (AvgIpc) is 2.16. The van der Waals surface area contributed by atoms with Crippen LogP contribution in [0.25, 0.3) is 0 Å². The first kappa shape index (κ1) is 13.9. The van der Waals surface area contributed by atoms with Gasteiger partial charge < -0.3 is 4.74 Å². The summed E-state index contributed by atoms with van der Waals surface area (Å²) in [6, 6.07) is 0. The van der Waals surface area contributed by atoms with Gasteiger partial charge in [-0.3, -0.25) is 0 Å². The molecule has 3 heteroatoms. The van der Waals surface area contributed by atoms with Crippen LogP contribution in [-0.2, 0) is 4.74 Å². The summed E-state index contributed by atoms with van der Waals surface area (Å²) < 4.78 is 5.97. The van der Waals surface area contributed by atoms with E-state index in [0.29, 0.717) is 12.2 Å². The van der Waals surface area contributed by atoms with Gasteiger partial charge >= 0.3 is 0 Å². The first-order valence-corrected chi connectivity index (χ1v) is 7.30. The second-order valence-electron chi connectivity index (χ2n) is 3.15. The van der Waals surface area contributed by atoms with Gasteiger partial charge in [0, 0.05) is 10.7 Å². The molecule has 2 atom stereocenters. The van der Waals surface area contributed by atoms with E-state index in [2.05, 4.69) is 45.7 Å². The molecule has 0 aliphatic heterocycles. The van der Waals surface area contributed by atoms with Crippen LogP contribution in [0.15, 0.2) is 0 Å². The number of alkyl halides is 2. The molecule has 0 amide bonds. The second kappa shape index (κ2) is 9.47. The minimum Gasteiger partial charge on any atom is -0.375 e. The van der Waals surface area contributed by atoms with Gasteiger partial charge in [0.2, 0.25) is 0 Å². The largest absolute Gasteiger partial charge is 0.375 e. The van der Waals surface area contributed by atoms with E-state index >= 15 is 0 Å². The van der Waals surface area contributed by atoms with Crippen LogP contribution >= 0.6 is 31.9 Å². The molecule has 0 bridgehead atoms. The molecule has 0 fully saturated rings. The Hall–Kier alpha value is 0.920. The van der Waals surface area contributed by atoms with E-state index in [1.165, 1.54) is 0 Å². The summed E-state index contributed by atoms with van der Waals surface area (Å²) in [6.07, 6.45) is 5.34. The summed E-state index contributed by atoms with van der Waals surface area (Å²) >= 11 is 6.90. The van der Waals surface area contributed by atoms with Gasteiger partial charge in [-0.1, -0.05) is 45.7 Å². The molecule has 0 aromatic carbocycles. The lowest BCUT2D eigenvalue weighted by Crippen LogP contribution is -2.22. The normalized spacial score (nSPS) is 15.7. The lowest BCUT2D eigenvalue weighted by Gasteiger charge is -2.22. The van der Waals surface area contributed by atoms with Crippen molar-refractivity contribution in [1.82, 2.24) is 0 Å². The maximum Gasteiger partial charge on any atom is 0.0584 e. The Morgan fingerprint density at radius 3 is 1.54 bits per heavy atom. The van der Waals surface area contributed by atoms with Crippen molar-refractivity contribution in [1.29, 1.82) is 0 Å². The number of ether oxygens (including phenoxy) is 1. The summed E-state index contributed by atoms with van der Waals surface area (Å²) in [5.74, 6) is 0. The lowest BCUT2D eigenvalue weighted by molar-refractivity contribution is -0.0174. The van der Waals surface area contributed by atoms with Crippen molar-refractivity contribution in [2.75, 3.05) is 10.7 Å². The summed E-state index contributed by atoms with van der Waals surface area (Å²) in [7, 11) is 0. The van der Waals surface area contributed by atoms with E-state index in [9.17, 15) is 0 Å². The van der Waals surface area contributed by atoms with E-state index in [1.54, 1.807) is 0 Å². The molecule has 0 aliphatic carbocycles. The van der Waals surface area contributed by atoms with Gasteiger partial charge in [0.25, 0.3) is 0 Å². The van der Waals surface area contributed by atoms with Crippen LogP contribution in [-0.4, -0.2) is 22.9 Å². The Kier molecular flexibility index (Phi) is 10.1. The molecule has 13 heavy (non-hydrogen) atoms. The van der Waals surface area contributed by atoms with Gasteiger partial charge in [-0.25, -0.2) is 0 Å². The molecule has 0 radical (unpaired) electrons. The molecule has 0 aromatic rings. The highest BCUT2D eigenvalue weighted by Gasteiger charge is 2.12. The minimum atomic E-state index is 0.434. The van der Waals surface area contributed by atoms with Gasteiger partial charge in [-0.15, -0.1) is 0 Å². The molecule has 0 spiro atoms. The maximum atomic E-state index is 5.97. The summed E-state index contributed by atoms with van der Waals surface area (Å²) in [5.41, 5.74) is 0. The molecular weight excluding hydrogens is 296 g/mol. The molecule has 0 aromatic heterocycles. The molecule has 0 heterocycles. The zero-order valence-corrected chi connectivity index (χ0v) is 11.7. The minimum absolute atomic E-state index is 0.434. The Morgan fingerprint density at radius 2 is 1.31 bits per heavy atom.